The van der Waals surface area contributed by atoms with Crippen molar-refractivity contribution in [1.29, 1.82) is 0 Å². The van der Waals surface area contributed by atoms with Crippen LogP contribution in [0.5, 0.6) is 11.5 Å². The van der Waals surface area contributed by atoms with Crippen LogP contribution in [0, 0.1) is 0 Å². The molecule has 27 heavy (non-hydrogen) atoms. The van der Waals surface area contributed by atoms with E-state index in [1.807, 2.05) is 48.5 Å². The second-order valence-electron chi connectivity index (χ2n) is 6.33. The van der Waals surface area contributed by atoms with Crippen molar-refractivity contribution < 1.29 is 19.4 Å². The lowest BCUT2D eigenvalue weighted by molar-refractivity contribution is -0.123. The summed E-state index contributed by atoms with van der Waals surface area (Å²) in [6.45, 7) is 1.31. The molecule has 0 aromatic heterocycles. The Morgan fingerprint density at radius 1 is 1.19 bits per heavy atom. The highest BCUT2D eigenvalue weighted by atomic mass is 35.5. The zero-order valence-corrected chi connectivity index (χ0v) is 16.0. The molecule has 2 aromatic rings. The summed E-state index contributed by atoms with van der Waals surface area (Å²) in [6, 6.07) is 15.2. The molecule has 146 valence electrons. The van der Waals surface area contributed by atoms with Crippen LogP contribution in [0.25, 0.3) is 0 Å². The van der Waals surface area contributed by atoms with E-state index in [0.29, 0.717) is 37.6 Å². The lowest BCUT2D eigenvalue weighted by atomic mass is 10.1. The molecule has 1 amide bonds. The minimum absolute atomic E-state index is 0. The Morgan fingerprint density at radius 3 is 2.63 bits per heavy atom. The standard InChI is InChI=1S/C20H24N2O4.ClH/c1-25-19-9-15(11-22-20(24)17-10-16(23)12-21-17)7-8-18(19)26-13-14-5-3-2-4-6-14;/h2-9,16-17,21,23H,10-13H2,1H3,(H,22,24);1H. The summed E-state index contributed by atoms with van der Waals surface area (Å²) in [5.74, 6) is 1.18. The Morgan fingerprint density at radius 2 is 1.96 bits per heavy atom. The number of β-amino-alcohol motifs (C(OH)–C–C–N with tert-alkyl or cyclic N) is 1. The highest BCUT2D eigenvalue weighted by molar-refractivity contribution is 5.85. The van der Waals surface area contributed by atoms with Gasteiger partial charge in [0.05, 0.1) is 19.3 Å². The molecule has 1 saturated heterocycles. The van der Waals surface area contributed by atoms with Crippen LogP contribution in [0.3, 0.4) is 0 Å². The van der Waals surface area contributed by atoms with Crippen LogP contribution in [-0.2, 0) is 17.9 Å². The smallest absolute Gasteiger partial charge is 0.237 e. The molecular weight excluding hydrogens is 368 g/mol. The van der Waals surface area contributed by atoms with Gasteiger partial charge < -0.3 is 25.2 Å². The Balaban J connectivity index is 0.00000261. The number of aliphatic hydroxyl groups excluding tert-OH is 1. The average molecular weight is 393 g/mol. The van der Waals surface area contributed by atoms with Gasteiger partial charge in [0.15, 0.2) is 11.5 Å². The number of benzene rings is 2. The van der Waals surface area contributed by atoms with Crippen LogP contribution in [0.15, 0.2) is 48.5 Å². The number of rotatable bonds is 7. The van der Waals surface area contributed by atoms with E-state index in [4.69, 9.17) is 9.47 Å². The van der Waals surface area contributed by atoms with E-state index < -0.39 is 6.10 Å². The van der Waals surface area contributed by atoms with Gasteiger partial charge in [-0.1, -0.05) is 36.4 Å². The molecule has 7 heteroatoms. The summed E-state index contributed by atoms with van der Waals surface area (Å²) in [4.78, 5) is 12.1. The maximum Gasteiger partial charge on any atom is 0.237 e. The number of carbonyl (C=O) groups excluding carboxylic acids is 1. The Kier molecular flexibility index (Phi) is 7.91. The fraction of sp³-hybridized carbons (Fsp3) is 0.350. The molecule has 3 rings (SSSR count). The number of aliphatic hydroxyl groups is 1. The fourth-order valence-corrected chi connectivity index (χ4v) is 2.91. The predicted octanol–water partition coefficient (Wildman–Crippen LogP) is 2.03. The molecule has 0 spiro atoms. The molecule has 0 saturated carbocycles. The van der Waals surface area contributed by atoms with E-state index in [1.54, 1.807) is 7.11 Å². The van der Waals surface area contributed by atoms with Crippen molar-refractivity contribution in [1.82, 2.24) is 10.6 Å². The maximum atomic E-state index is 12.1. The first-order chi connectivity index (χ1) is 12.7. The number of methoxy groups -OCH3 is 1. The van der Waals surface area contributed by atoms with Gasteiger partial charge in [-0.05, 0) is 29.7 Å². The second kappa shape index (κ2) is 10.2. The number of nitrogens with one attached hydrogen (secondary N) is 2. The molecule has 1 heterocycles. The van der Waals surface area contributed by atoms with E-state index in [2.05, 4.69) is 10.6 Å². The Hall–Kier alpha value is -2.28. The monoisotopic (exact) mass is 392 g/mol. The first-order valence-corrected chi connectivity index (χ1v) is 8.68. The van der Waals surface area contributed by atoms with Gasteiger partial charge >= 0.3 is 0 Å². The van der Waals surface area contributed by atoms with Crippen molar-refractivity contribution in [2.75, 3.05) is 13.7 Å². The van der Waals surface area contributed by atoms with E-state index in [-0.39, 0.29) is 24.4 Å². The predicted molar refractivity (Wildman–Crippen MR) is 105 cm³/mol. The maximum absolute atomic E-state index is 12.1. The largest absolute Gasteiger partial charge is 0.493 e. The third-order valence-electron chi connectivity index (χ3n) is 4.36. The van der Waals surface area contributed by atoms with Crippen molar-refractivity contribution in [2.45, 2.75) is 31.7 Å². The first-order valence-electron chi connectivity index (χ1n) is 8.68. The number of amides is 1. The highest BCUT2D eigenvalue weighted by Gasteiger charge is 2.27. The van der Waals surface area contributed by atoms with E-state index in [1.165, 1.54) is 0 Å². The van der Waals surface area contributed by atoms with Gasteiger partial charge in [0.1, 0.15) is 6.61 Å². The summed E-state index contributed by atoms with van der Waals surface area (Å²) >= 11 is 0. The number of carbonyl (C=O) groups is 1. The van der Waals surface area contributed by atoms with Crippen LogP contribution in [0.1, 0.15) is 17.5 Å². The normalized spacial score (nSPS) is 18.4. The first kappa shape index (κ1) is 21.0. The van der Waals surface area contributed by atoms with Crippen LogP contribution in [0.2, 0.25) is 0 Å². The van der Waals surface area contributed by atoms with Gasteiger partial charge in [-0.25, -0.2) is 0 Å². The number of halogens is 1. The molecule has 0 bridgehead atoms. The zero-order valence-electron chi connectivity index (χ0n) is 15.2. The molecule has 2 aromatic carbocycles. The van der Waals surface area contributed by atoms with Crippen molar-refractivity contribution in [3.8, 4) is 11.5 Å². The third-order valence-corrected chi connectivity index (χ3v) is 4.36. The fourth-order valence-electron chi connectivity index (χ4n) is 2.91. The van der Waals surface area contributed by atoms with Crippen molar-refractivity contribution in [2.24, 2.45) is 0 Å². The van der Waals surface area contributed by atoms with Gasteiger partial charge in [0.2, 0.25) is 5.91 Å². The summed E-state index contributed by atoms with van der Waals surface area (Å²) in [5.41, 5.74) is 2.00. The molecule has 1 aliphatic heterocycles. The van der Waals surface area contributed by atoms with Crippen LogP contribution >= 0.6 is 12.4 Å². The van der Waals surface area contributed by atoms with Gasteiger partial charge in [-0.2, -0.15) is 0 Å². The van der Waals surface area contributed by atoms with Crippen LogP contribution in [-0.4, -0.2) is 36.8 Å². The molecule has 6 nitrogen and oxygen atoms in total. The zero-order chi connectivity index (χ0) is 18.4. The van der Waals surface area contributed by atoms with Crippen LogP contribution < -0.4 is 20.1 Å². The van der Waals surface area contributed by atoms with E-state index in [9.17, 15) is 9.90 Å². The molecule has 1 fully saturated rings. The molecule has 2 unspecified atom stereocenters. The van der Waals surface area contributed by atoms with Gasteiger partial charge in [0, 0.05) is 13.1 Å². The number of hydrogen-bond donors (Lipinski definition) is 3. The third kappa shape index (κ3) is 5.85. The van der Waals surface area contributed by atoms with E-state index >= 15 is 0 Å². The quantitative estimate of drug-likeness (QED) is 0.672. The molecule has 0 radical (unpaired) electrons. The second-order valence-corrected chi connectivity index (χ2v) is 6.33. The number of ether oxygens (including phenoxy) is 2. The molecule has 1 aliphatic rings. The van der Waals surface area contributed by atoms with E-state index in [0.717, 1.165) is 11.1 Å². The minimum atomic E-state index is -0.452. The Bertz CT molecular complexity index is 742. The lowest BCUT2D eigenvalue weighted by Crippen LogP contribution is -2.40. The summed E-state index contributed by atoms with van der Waals surface area (Å²) in [6.07, 6.45) is -0.00610. The lowest BCUT2D eigenvalue weighted by Gasteiger charge is -2.14. The molecular formula is C20H25ClN2O4. The highest BCUT2D eigenvalue weighted by Crippen LogP contribution is 2.28. The molecule has 3 N–H and O–H groups in total. The van der Waals surface area contributed by atoms with Gasteiger partial charge in [-0.15, -0.1) is 12.4 Å². The summed E-state index contributed by atoms with van der Waals surface area (Å²) in [7, 11) is 1.59. The molecule has 2 atom stereocenters. The van der Waals surface area contributed by atoms with Gasteiger partial charge in [-0.3, -0.25) is 4.79 Å². The van der Waals surface area contributed by atoms with Crippen molar-refractivity contribution in [3.05, 3.63) is 59.7 Å². The average Bonchev–Trinajstić information content (AvgIpc) is 3.12. The SMILES string of the molecule is COc1cc(CNC(=O)C2CC(O)CN2)ccc1OCc1ccccc1.Cl. The Labute approximate surface area is 165 Å². The van der Waals surface area contributed by atoms with Crippen molar-refractivity contribution >= 4 is 18.3 Å². The number of hydrogen-bond acceptors (Lipinski definition) is 5. The van der Waals surface area contributed by atoms with Crippen molar-refractivity contribution in [3.63, 3.8) is 0 Å². The minimum Gasteiger partial charge on any atom is -0.493 e. The summed E-state index contributed by atoms with van der Waals surface area (Å²) in [5, 5.41) is 15.4. The molecule has 0 aliphatic carbocycles. The summed E-state index contributed by atoms with van der Waals surface area (Å²) < 4.78 is 11.2. The van der Waals surface area contributed by atoms with Gasteiger partial charge in [0.25, 0.3) is 0 Å². The van der Waals surface area contributed by atoms with Crippen LogP contribution in [0.4, 0.5) is 0 Å². The topological polar surface area (TPSA) is 79.8 Å².